The van der Waals surface area contributed by atoms with Crippen LogP contribution >= 0.6 is 0 Å². The lowest BCUT2D eigenvalue weighted by Gasteiger charge is -2.24. The third-order valence-corrected chi connectivity index (χ3v) is 6.35. The molecule has 180 valence electrons. The maximum absolute atomic E-state index is 13.2. The monoisotopic (exact) mass is 472 g/mol. The minimum Gasteiger partial charge on any atom is -0.456 e. The van der Waals surface area contributed by atoms with E-state index in [0.29, 0.717) is 5.56 Å². The molecular formula is C28H28N2O5. The highest BCUT2D eigenvalue weighted by Crippen LogP contribution is 2.26. The van der Waals surface area contributed by atoms with Crippen molar-refractivity contribution in [3.63, 3.8) is 0 Å². The molecule has 35 heavy (non-hydrogen) atoms. The molecule has 2 aromatic carbocycles. The van der Waals surface area contributed by atoms with E-state index < -0.39 is 30.4 Å². The van der Waals surface area contributed by atoms with Crippen molar-refractivity contribution in [2.75, 3.05) is 6.61 Å². The van der Waals surface area contributed by atoms with Gasteiger partial charge in [0.2, 0.25) is 5.78 Å². The number of carbonyl (C=O) groups excluding carboxylic acids is 4. The number of aromatic nitrogens is 1. The van der Waals surface area contributed by atoms with Gasteiger partial charge >= 0.3 is 5.97 Å². The second kappa shape index (κ2) is 10.1. The molecule has 2 amide bonds. The normalized spacial score (nSPS) is 13.6. The van der Waals surface area contributed by atoms with Crippen molar-refractivity contribution in [1.29, 1.82) is 0 Å². The highest BCUT2D eigenvalue weighted by Gasteiger charge is 2.43. The van der Waals surface area contributed by atoms with Crippen molar-refractivity contribution in [3.8, 4) is 0 Å². The zero-order valence-corrected chi connectivity index (χ0v) is 20.1. The number of Topliss-reactive ketones (excluding diaryl/α,β-unsaturated/α-hetero) is 1. The van der Waals surface area contributed by atoms with Gasteiger partial charge in [-0.15, -0.1) is 0 Å². The van der Waals surface area contributed by atoms with Crippen molar-refractivity contribution in [2.45, 2.75) is 46.2 Å². The standard InChI is InChI=1S/C28H28N2O5/c1-4-14-29-18(2)15-23(19(29)3)25(31)17-35-28(34)24(16-20-10-6-5-7-11-20)30-26(32)21-12-8-9-13-22(21)27(30)33/h5-13,15,24H,4,14,16-17H2,1-3H3. The summed E-state index contributed by atoms with van der Waals surface area (Å²) in [6.45, 7) is 6.19. The summed E-state index contributed by atoms with van der Waals surface area (Å²) in [5.41, 5.74) is 3.56. The number of hydrogen-bond acceptors (Lipinski definition) is 5. The molecule has 3 aromatic rings. The van der Waals surface area contributed by atoms with E-state index in [0.717, 1.165) is 34.8 Å². The number of esters is 1. The summed E-state index contributed by atoms with van der Waals surface area (Å²) in [6.07, 6.45) is 1.02. The van der Waals surface area contributed by atoms with E-state index in [4.69, 9.17) is 4.74 Å². The molecule has 0 radical (unpaired) electrons. The minimum atomic E-state index is -1.19. The van der Waals surface area contributed by atoms with E-state index in [-0.39, 0.29) is 23.3 Å². The van der Waals surface area contributed by atoms with Gasteiger partial charge in [0.15, 0.2) is 6.61 Å². The van der Waals surface area contributed by atoms with Crippen LogP contribution < -0.4 is 0 Å². The van der Waals surface area contributed by atoms with Gasteiger partial charge in [-0.05, 0) is 44.0 Å². The Hall–Kier alpha value is -4.00. The molecule has 0 saturated heterocycles. The molecule has 1 aliphatic rings. The minimum absolute atomic E-state index is 0.0876. The Morgan fingerprint density at radius 1 is 0.914 bits per heavy atom. The molecule has 0 N–H and O–H groups in total. The van der Waals surface area contributed by atoms with E-state index in [1.54, 1.807) is 30.3 Å². The lowest BCUT2D eigenvalue weighted by atomic mass is 10.0. The topological polar surface area (TPSA) is 85.7 Å². The van der Waals surface area contributed by atoms with E-state index in [1.807, 2.05) is 44.2 Å². The first-order chi connectivity index (χ1) is 16.8. The molecule has 0 saturated carbocycles. The Labute approximate surface area is 204 Å². The fraction of sp³-hybridized carbons (Fsp3) is 0.286. The average Bonchev–Trinajstić information content (AvgIpc) is 3.29. The number of benzene rings is 2. The SMILES string of the molecule is CCCn1c(C)cc(C(=O)COC(=O)C(Cc2ccccc2)N2C(=O)c3ccccc3C2=O)c1C. The Balaban J connectivity index is 1.56. The lowest BCUT2D eigenvalue weighted by molar-refractivity contribution is -0.147. The summed E-state index contributed by atoms with van der Waals surface area (Å²) in [4.78, 5) is 53.3. The van der Waals surface area contributed by atoms with Gasteiger partial charge in [-0.1, -0.05) is 49.4 Å². The number of carbonyl (C=O) groups is 4. The van der Waals surface area contributed by atoms with E-state index in [2.05, 4.69) is 11.5 Å². The van der Waals surface area contributed by atoms with Crippen molar-refractivity contribution < 1.29 is 23.9 Å². The van der Waals surface area contributed by atoms with Crippen molar-refractivity contribution in [1.82, 2.24) is 9.47 Å². The molecule has 1 unspecified atom stereocenters. The molecule has 0 spiro atoms. The van der Waals surface area contributed by atoms with Crippen molar-refractivity contribution >= 4 is 23.6 Å². The quantitative estimate of drug-likeness (QED) is 0.265. The highest BCUT2D eigenvalue weighted by molar-refractivity contribution is 6.22. The second-order valence-electron chi connectivity index (χ2n) is 8.70. The van der Waals surface area contributed by atoms with Gasteiger partial charge < -0.3 is 9.30 Å². The summed E-state index contributed by atoms with van der Waals surface area (Å²) in [7, 11) is 0. The molecule has 0 fully saturated rings. The number of nitrogens with zero attached hydrogens (tertiary/aromatic N) is 2. The van der Waals surface area contributed by atoms with Crippen LogP contribution in [0.3, 0.4) is 0 Å². The molecule has 7 nitrogen and oxygen atoms in total. The summed E-state index contributed by atoms with van der Waals surface area (Å²) in [5.74, 6) is -2.20. The molecule has 1 atom stereocenters. The smallest absolute Gasteiger partial charge is 0.330 e. The number of aryl methyl sites for hydroxylation is 1. The highest BCUT2D eigenvalue weighted by atomic mass is 16.5. The summed E-state index contributed by atoms with van der Waals surface area (Å²) in [5, 5.41) is 0. The summed E-state index contributed by atoms with van der Waals surface area (Å²) in [6, 6.07) is 16.2. The zero-order valence-electron chi connectivity index (χ0n) is 20.1. The number of imide groups is 1. The second-order valence-corrected chi connectivity index (χ2v) is 8.70. The molecular weight excluding hydrogens is 444 g/mol. The summed E-state index contributed by atoms with van der Waals surface area (Å²) >= 11 is 0. The Morgan fingerprint density at radius 3 is 2.11 bits per heavy atom. The van der Waals surface area contributed by atoms with Crippen LogP contribution in [0.4, 0.5) is 0 Å². The fourth-order valence-corrected chi connectivity index (χ4v) is 4.57. The van der Waals surface area contributed by atoms with Gasteiger partial charge in [0.25, 0.3) is 11.8 Å². The number of fused-ring (bicyclic) bond motifs is 1. The number of rotatable bonds is 9. The average molecular weight is 473 g/mol. The van der Waals surface area contributed by atoms with E-state index >= 15 is 0 Å². The number of amides is 2. The molecule has 1 aromatic heterocycles. The Morgan fingerprint density at radius 2 is 1.51 bits per heavy atom. The van der Waals surface area contributed by atoms with Gasteiger partial charge in [-0.3, -0.25) is 19.3 Å². The predicted octanol–water partition coefficient (Wildman–Crippen LogP) is 4.15. The van der Waals surface area contributed by atoms with Crippen molar-refractivity contribution in [2.24, 2.45) is 0 Å². The van der Waals surface area contributed by atoms with Crippen LogP contribution in [-0.2, 0) is 22.5 Å². The van der Waals surface area contributed by atoms with Crippen LogP contribution in [-0.4, -0.2) is 45.7 Å². The van der Waals surface area contributed by atoms with Gasteiger partial charge in [-0.25, -0.2) is 4.79 Å². The first-order valence-electron chi connectivity index (χ1n) is 11.7. The van der Waals surface area contributed by atoms with Crippen LogP contribution in [0.2, 0.25) is 0 Å². The van der Waals surface area contributed by atoms with Gasteiger partial charge in [-0.2, -0.15) is 0 Å². The van der Waals surface area contributed by atoms with Crippen LogP contribution in [0.5, 0.6) is 0 Å². The first kappa shape index (κ1) is 24.1. The largest absolute Gasteiger partial charge is 0.456 e. The Bertz CT molecular complexity index is 1260. The molecule has 2 heterocycles. The molecule has 0 bridgehead atoms. The van der Waals surface area contributed by atoms with Crippen LogP contribution in [0.25, 0.3) is 0 Å². The summed E-state index contributed by atoms with van der Waals surface area (Å²) < 4.78 is 7.48. The van der Waals surface area contributed by atoms with Crippen molar-refractivity contribution in [3.05, 3.63) is 94.3 Å². The fourth-order valence-electron chi connectivity index (χ4n) is 4.57. The number of hydrogen-bond donors (Lipinski definition) is 0. The van der Waals surface area contributed by atoms with Crippen LogP contribution in [0.1, 0.15) is 61.4 Å². The molecule has 4 rings (SSSR count). The van der Waals surface area contributed by atoms with Gasteiger partial charge in [0.05, 0.1) is 11.1 Å². The number of ketones is 1. The molecule has 7 heteroatoms. The molecule has 1 aliphatic heterocycles. The van der Waals surface area contributed by atoms with E-state index in [1.165, 1.54) is 0 Å². The third-order valence-electron chi connectivity index (χ3n) is 6.35. The number of ether oxygens (including phenoxy) is 1. The first-order valence-corrected chi connectivity index (χ1v) is 11.7. The third kappa shape index (κ3) is 4.67. The van der Waals surface area contributed by atoms with E-state index in [9.17, 15) is 19.2 Å². The van der Waals surface area contributed by atoms with Crippen LogP contribution in [0.15, 0.2) is 60.7 Å². The zero-order chi connectivity index (χ0) is 25.1. The Kier molecular flexibility index (Phi) is 6.96. The maximum Gasteiger partial charge on any atom is 0.330 e. The van der Waals surface area contributed by atoms with Gasteiger partial charge in [0, 0.05) is 29.9 Å². The maximum atomic E-state index is 13.2. The lowest BCUT2D eigenvalue weighted by Crippen LogP contribution is -2.47. The predicted molar refractivity (Wildman–Crippen MR) is 130 cm³/mol. The van der Waals surface area contributed by atoms with Gasteiger partial charge in [0.1, 0.15) is 6.04 Å². The molecule has 0 aliphatic carbocycles. The van der Waals surface area contributed by atoms with Crippen LogP contribution in [0, 0.1) is 13.8 Å².